The molecule has 4 aliphatic rings. The number of hydrogen-bond donors (Lipinski definition) is 1. The molecule has 3 atom stereocenters. The summed E-state index contributed by atoms with van der Waals surface area (Å²) >= 11 is 0. The highest BCUT2D eigenvalue weighted by Crippen LogP contribution is 2.47. The van der Waals surface area contributed by atoms with Gasteiger partial charge in [0.05, 0.1) is 29.3 Å². The van der Waals surface area contributed by atoms with E-state index >= 15 is 0 Å². The Balaban J connectivity index is 1.42. The van der Waals surface area contributed by atoms with Crippen LogP contribution in [-0.2, 0) is 14.4 Å². The lowest BCUT2D eigenvalue weighted by molar-refractivity contribution is -0.147. The number of amides is 3. The zero-order valence-corrected chi connectivity index (χ0v) is 23.4. The van der Waals surface area contributed by atoms with Crippen LogP contribution in [0.1, 0.15) is 62.5 Å². The van der Waals surface area contributed by atoms with Crippen LogP contribution < -0.4 is 10.1 Å². The fraction of sp³-hybridized carbons (Fsp3) is 0.484. The van der Waals surface area contributed by atoms with Crippen molar-refractivity contribution in [2.45, 2.75) is 75.7 Å². The molecular weight excluding hydrogens is 592 g/mol. The van der Waals surface area contributed by atoms with Gasteiger partial charge < -0.3 is 10.1 Å². The summed E-state index contributed by atoms with van der Waals surface area (Å²) in [5.74, 6) is -9.73. The predicted octanol–water partition coefficient (Wildman–Crippen LogP) is 6.25. The van der Waals surface area contributed by atoms with Gasteiger partial charge in [0, 0.05) is 30.4 Å². The second kappa shape index (κ2) is 11.2. The molecule has 1 N–H and O–H groups in total. The second-order valence-electron chi connectivity index (χ2n) is 11.9. The topological polar surface area (TPSA) is 88.1 Å². The molecule has 3 amide bonds. The summed E-state index contributed by atoms with van der Waals surface area (Å²) in [4.78, 5) is 46.6. The average Bonchev–Trinajstić information content (AvgIpc) is 3.75. The lowest BCUT2D eigenvalue weighted by atomic mass is 9.73. The van der Waals surface area contributed by atoms with Crippen LogP contribution in [0.15, 0.2) is 47.5 Å². The van der Waals surface area contributed by atoms with Crippen LogP contribution in [0, 0.1) is 23.6 Å². The number of halogens is 6. The van der Waals surface area contributed by atoms with Crippen molar-refractivity contribution in [1.82, 2.24) is 4.90 Å². The van der Waals surface area contributed by atoms with Crippen molar-refractivity contribution in [3.8, 4) is 5.75 Å². The van der Waals surface area contributed by atoms with Crippen LogP contribution in [0.5, 0.6) is 5.75 Å². The predicted molar refractivity (Wildman–Crippen MR) is 146 cm³/mol. The Hall–Kier alpha value is -3.90. The average molecular weight is 622 g/mol. The zero-order valence-electron chi connectivity index (χ0n) is 23.4. The Morgan fingerprint density at radius 1 is 0.977 bits per heavy atom. The lowest BCUT2D eigenvalue weighted by Gasteiger charge is -2.33. The molecule has 0 radical (unpaired) electrons. The molecule has 0 unspecified atom stereocenters. The zero-order chi connectivity index (χ0) is 31.4. The maximum absolute atomic E-state index is 14.4. The molecule has 13 heteroatoms. The molecule has 0 bridgehead atoms. The lowest BCUT2D eigenvalue weighted by Crippen LogP contribution is -2.47. The highest BCUT2D eigenvalue weighted by Gasteiger charge is 2.56. The molecule has 2 aromatic carbocycles. The maximum Gasteiger partial charge on any atom is 0.389 e. The quantitative estimate of drug-likeness (QED) is 0.293. The number of para-hydroxylation sites is 1. The number of fused-ring (bicyclic) bond motifs is 1. The van der Waals surface area contributed by atoms with E-state index in [4.69, 9.17) is 4.74 Å². The standard InChI is InChI=1S/C31H29F6N3O4/c32-18-4-1-3-17(15-18)24-21-5-2-6-22(44-19-7-8-19)25(21)39-27(41)26(38-24)40-28(42)20(11-14-31(35,36)37)23(29(40)43)16-9-12-30(33,34)13-10-16/h1-6,15-16,19-20,23,26H,7-14H2,(H,39,41)/t20-,23+,26+/m1/s1. The minimum Gasteiger partial charge on any atom is -0.488 e. The molecular formula is C31H29F6N3O4. The van der Waals surface area contributed by atoms with Crippen molar-refractivity contribution in [3.63, 3.8) is 0 Å². The van der Waals surface area contributed by atoms with E-state index in [1.165, 1.54) is 18.2 Å². The Labute approximate surface area is 248 Å². The largest absolute Gasteiger partial charge is 0.488 e. The second-order valence-corrected chi connectivity index (χ2v) is 11.9. The van der Waals surface area contributed by atoms with Gasteiger partial charge in [-0.15, -0.1) is 0 Å². The molecule has 234 valence electrons. The number of likely N-dealkylation sites (tertiary alicyclic amines) is 1. The summed E-state index contributed by atoms with van der Waals surface area (Å²) in [6, 6.07) is 10.2. The number of anilines is 1. The van der Waals surface area contributed by atoms with Gasteiger partial charge in [-0.2, -0.15) is 13.2 Å². The Morgan fingerprint density at radius 2 is 1.68 bits per heavy atom. The van der Waals surface area contributed by atoms with Crippen LogP contribution >= 0.6 is 0 Å². The summed E-state index contributed by atoms with van der Waals surface area (Å²) in [6.07, 6.45) is -8.51. The molecule has 44 heavy (non-hydrogen) atoms. The van der Waals surface area contributed by atoms with E-state index in [0.717, 1.165) is 18.9 Å². The minimum absolute atomic E-state index is 0.0531. The summed E-state index contributed by atoms with van der Waals surface area (Å²) in [5.41, 5.74) is 0.782. The number of benzodiazepines with no additional fused rings is 1. The molecule has 2 aromatic rings. The number of imide groups is 1. The van der Waals surface area contributed by atoms with Crippen molar-refractivity contribution < 1.29 is 45.5 Å². The number of hydrogen-bond acceptors (Lipinski definition) is 5. The van der Waals surface area contributed by atoms with Crippen molar-refractivity contribution in [3.05, 3.63) is 59.4 Å². The summed E-state index contributed by atoms with van der Waals surface area (Å²) in [5, 5.41) is 2.69. The van der Waals surface area contributed by atoms with Crippen LogP contribution in [0.4, 0.5) is 32.0 Å². The van der Waals surface area contributed by atoms with Crippen LogP contribution in [-0.4, -0.2) is 52.7 Å². The van der Waals surface area contributed by atoms with Gasteiger partial charge >= 0.3 is 6.18 Å². The van der Waals surface area contributed by atoms with E-state index in [1.54, 1.807) is 18.2 Å². The molecule has 0 spiro atoms. The monoisotopic (exact) mass is 621 g/mol. The number of alkyl halides is 5. The third-order valence-electron chi connectivity index (χ3n) is 8.70. The van der Waals surface area contributed by atoms with Gasteiger partial charge in [0.1, 0.15) is 11.6 Å². The summed E-state index contributed by atoms with van der Waals surface area (Å²) < 4.78 is 88.1. The Kier molecular flexibility index (Phi) is 7.69. The number of rotatable bonds is 7. The number of benzene rings is 2. The van der Waals surface area contributed by atoms with Crippen LogP contribution in [0.3, 0.4) is 0 Å². The van der Waals surface area contributed by atoms with E-state index in [-0.39, 0.29) is 35.9 Å². The minimum atomic E-state index is -4.64. The van der Waals surface area contributed by atoms with Crippen molar-refractivity contribution in [2.24, 2.45) is 22.7 Å². The fourth-order valence-electron chi connectivity index (χ4n) is 6.39. The van der Waals surface area contributed by atoms with E-state index in [9.17, 15) is 40.7 Å². The number of nitrogens with zero attached hydrogens (tertiary/aromatic N) is 2. The van der Waals surface area contributed by atoms with Gasteiger partial charge in [-0.3, -0.25) is 14.4 Å². The van der Waals surface area contributed by atoms with Gasteiger partial charge in [-0.1, -0.05) is 24.3 Å². The van der Waals surface area contributed by atoms with Crippen molar-refractivity contribution in [2.75, 3.05) is 5.32 Å². The summed E-state index contributed by atoms with van der Waals surface area (Å²) in [6.45, 7) is 0. The number of nitrogens with one attached hydrogen (secondary N) is 1. The number of carbonyl (C=O) groups excluding carboxylic acids is 3. The normalized spacial score (nSPS) is 25.8. The highest BCUT2D eigenvalue weighted by molar-refractivity contribution is 6.21. The summed E-state index contributed by atoms with van der Waals surface area (Å²) in [7, 11) is 0. The number of ether oxygens (including phenoxy) is 1. The van der Waals surface area contributed by atoms with E-state index < -0.39 is 85.2 Å². The fourth-order valence-corrected chi connectivity index (χ4v) is 6.39. The Bertz CT molecular complexity index is 1510. The molecule has 3 fully saturated rings. The van der Waals surface area contributed by atoms with Gasteiger partial charge in [0.25, 0.3) is 5.91 Å². The molecule has 6 rings (SSSR count). The van der Waals surface area contributed by atoms with Gasteiger partial charge in [0.15, 0.2) is 0 Å². The first-order valence-corrected chi connectivity index (χ1v) is 14.6. The molecule has 2 aliphatic heterocycles. The Morgan fingerprint density at radius 3 is 2.34 bits per heavy atom. The van der Waals surface area contributed by atoms with Gasteiger partial charge in [-0.05, 0) is 56.2 Å². The molecule has 2 saturated carbocycles. The van der Waals surface area contributed by atoms with Crippen LogP contribution in [0.2, 0.25) is 0 Å². The molecule has 0 aromatic heterocycles. The molecule has 7 nitrogen and oxygen atoms in total. The highest BCUT2D eigenvalue weighted by atomic mass is 19.4. The molecule has 1 saturated heterocycles. The first kappa shape index (κ1) is 30.1. The third-order valence-corrected chi connectivity index (χ3v) is 8.70. The van der Waals surface area contributed by atoms with Crippen LogP contribution in [0.25, 0.3) is 0 Å². The van der Waals surface area contributed by atoms with Gasteiger partial charge in [-0.25, -0.2) is 23.1 Å². The number of carbonyl (C=O) groups is 3. The van der Waals surface area contributed by atoms with E-state index in [0.29, 0.717) is 16.2 Å². The first-order valence-electron chi connectivity index (χ1n) is 14.6. The SMILES string of the molecule is O=C1Nc2c(OC3CC3)cccc2C(c2cccc(F)c2)=N[C@H]1N1C(=O)[C@H](CCC(F)(F)F)[C@H](C2CCC(F)(F)CC2)C1=O. The molecule has 2 aliphatic carbocycles. The van der Waals surface area contributed by atoms with Gasteiger partial charge in [0.2, 0.25) is 23.9 Å². The van der Waals surface area contributed by atoms with Crippen molar-refractivity contribution >= 4 is 29.1 Å². The van der Waals surface area contributed by atoms with E-state index in [2.05, 4.69) is 10.3 Å². The first-order chi connectivity index (χ1) is 20.8. The molecule has 2 heterocycles. The third kappa shape index (κ3) is 6.05. The van der Waals surface area contributed by atoms with E-state index in [1.807, 2.05) is 0 Å². The maximum atomic E-state index is 14.4. The van der Waals surface area contributed by atoms with Crippen molar-refractivity contribution in [1.29, 1.82) is 0 Å². The number of aliphatic imine (C=N–C) groups is 1. The smallest absolute Gasteiger partial charge is 0.389 e.